The highest BCUT2D eigenvalue weighted by molar-refractivity contribution is 5.77. The van der Waals surface area contributed by atoms with Gasteiger partial charge in [0.2, 0.25) is 0 Å². The first-order valence-electron chi connectivity index (χ1n) is 5.38. The molecule has 3 heteroatoms. The molecule has 0 aromatic carbocycles. The molecule has 0 aromatic rings. The molecule has 0 spiro atoms. The zero-order valence-corrected chi connectivity index (χ0v) is 11.1. The number of carboxylic acid groups (broad SMARTS) is 1. The third kappa shape index (κ3) is 5.78. The van der Waals surface area contributed by atoms with E-state index in [0.29, 0.717) is 0 Å². The van der Waals surface area contributed by atoms with E-state index in [-0.39, 0.29) is 11.0 Å². The molecule has 0 aliphatic carbocycles. The molecule has 0 unspecified atom stereocenters. The molecule has 0 fully saturated rings. The van der Waals surface area contributed by atoms with Gasteiger partial charge < -0.3 is 5.11 Å². The second-order valence-corrected chi connectivity index (χ2v) is 6.68. The fraction of sp³-hybridized carbons (Fsp3) is 0.917. The van der Waals surface area contributed by atoms with Gasteiger partial charge in [-0.1, -0.05) is 20.8 Å². The van der Waals surface area contributed by atoms with E-state index in [4.69, 9.17) is 5.11 Å². The van der Waals surface area contributed by atoms with Crippen molar-refractivity contribution in [3.63, 3.8) is 0 Å². The van der Waals surface area contributed by atoms with Crippen LogP contribution in [0.1, 0.15) is 54.9 Å². The first-order chi connectivity index (χ1) is 6.36. The normalized spacial score (nSPS) is 14.1. The minimum absolute atomic E-state index is 0.180. The van der Waals surface area contributed by atoms with Crippen LogP contribution in [0.2, 0.25) is 0 Å². The van der Waals surface area contributed by atoms with Gasteiger partial charge in [-0.15, -0.1) is 0 Å². The average molecular weight is 215 g/mol. The van der Waals surface area contributed by atoms with Gasteiger partial charge in [0.05, 0.1) is 0 Å². The summed E-state index contributed by atoms with van der Waals surface area (Å²) in [6, 6.07) is 0. The van der Waals surface area contributed by atoms with Crippen molar-refractivity contribution in [2.45, 2.75) is 66.0 Å². The van der Waals surface area contributed by atoms with Crippen LogP contribution in [-0.4, -0.2) is 22.2 Å². The van der Waals surface area contributed by atoms with E-state index in [1.807, 2.05) is 13.8 Å². The Bertz CT molecular complexity index is 236. The largest absolute Gasteiger partial charge is 0.480 e. The van der Waals surface area contributed by atoms with Crippen LogP contribution in [0.15, 0.2) is 0 Å². The Hall–Kier alpha value is -0.570. The number of carbonyl (C=O) groups is 1. The maximum absolute atomic E-state index is 11.0. The summed E-state index contributed by atoms with van der Waals surface area (Å²) in [4.78, 5) is 11.0. The fourth-order valence-corrected chi connectivity index (χ4v) is 2.27. The molecule has 0 aliphatic heterocycles. The molecule has 3 nitrogen and oxygen atoms in total. The Morgan fingerprint density at radius 3 is 1.73 bits per heavy atom. The van der Waals surface area contributed by atoms with Crippen molar-refractivity contribution >= 4 is 5.97 Å². The second-order valence-electron chi connectivity index (χ2n) is 6.68. The summed E-state index contributed by atoms with van der Waals surface area (Å²) in [5.74, 6) is -0.815. The number of hydrogen-bond acceptors (Lipinski definition) is 2. The summed E-state index contributed by atoms with van der Waals surface area (Å²) >= 11 is 0. The van der Waals surface area contributed by atoms with Crippen LogP contribution < -0.4 is 5.32 Å². The molecule has 0 radical (unpaired) electrons. The first-order valence-corrected chi connectivity index (χ1v) is 5.38. The molecule has 2 N–H and O–H groups in total. The van der Waals surface area contributed by atoms with Gasteiger partial charge in [-0.25, -0.2) is 0 Å². The second kappa shape index (κ2) is 4.12. The highest BCUT2D eigenvalue weighted by Crippen LogP contribution is 2.28. The van der Waals surface area contributed by atoms with Gasteiger partial charge in [-0.3, -0.25) is 10.1 Å². The Morgan fingerprint density at radius 1 is 1.07 bits per heavy atom. The lowest BCUT2D eigenvalue weighted by atomic mass is 9.80. The monoisotopic (exact) mass is 215 g/mol. The summed E-state index contributed by atoms with van der Waals surface area (Å²) in [5.41, 5.74) is -0.875. The Morgan fingerprint density at radius 2 is 1.47 bits per heavy atom. The van der Waals surface area contributed by atoms with Crippen molar-refractivity contribution in [1.82, 2.24) is 5.32 Å². The lowest BCUT2D eigenvalue weighted by Crippen LogP contribution is -2.57. The lowest BCUT2D eigenvalue weighted by molar-refractivity contribution is -0.144. The Balaban J connectivity index is 4.58. The van der Waals surface area contributed by atoms with E-state index in [0.717, 1.165) is 6.42 Å². The van der Waals surface area contributed by atoms with Crippen molar-refractivity contribution in [2.24, 2.45) is 5.41 Å². The third-order valence-corrected chi connectivity index (χ3v) is 2.16. The van der Waals surface area contributed by atoms with Crippen molar-refractivity contribution in [1.29, 1.82) is 0 Å². The van der Waals surface area contributed by atoms with Crippen LogP contribution in [0.25, 0.3) is 0 Å². The maximum atomic E-state index is 11.0. The molecule has 0 rings (SSSR count). The summed E-state index contributed by atoms with van der Waals surface area (Å²) in [5, 5.41) is 12.2. The van der Waals surface area contributed by atoms with Gasteiger partial charge in [-0.05, 0) is 39.5 Å². The molecule has 0 amide bonds. The van der Waals surface area contributed by atoms with Gasteiger partial charge in [0.1, 0.15) is 5.54 Å². The van der Waals surface area contributed by atoms with Crippen LogP contribution in [0, 0.1) is 5.41 Å². The van der Waals surface area contributed by atoms with E-state index in [1.54, 1.807) is 13.8 Å². The van der Waals surface area contributed by atoms with E-state index < -0.39 is 11.5 Å². The quantitative estimate of drug-likeness (QED) is 0.758. The molecule has 0 saturated heterocycles. The van der Waals surface area contributed by atoms with Crippen LogP contribution in [0.4, 0.5) is 0 Å². The van der Waals surface area contributed by atoms with Gasteiger partial charge in [-0.2, -0.15) is 0 Å². The van der Waals surface area contributed by atoms with E-state index in [9.17, 15) is 4.79 Å². The van der Waals surface area contributed by atoms with Crippen LogP contribution in [0.5, 0.6) is 0 Å². The molecule has 0 aromatic heterocycles. The van der Waals surface area contributed by atoms with E-state index in [2.05, 4.69) is 26.1 Å². The zero-order valence-electron chi connectivity index (χ0n) is 11.1. The first kappa shape index (κ1) is 14.4. The molecular weight excluding hydrogens is 190 g/mol. The predicted molar refractivity (Wildman–Crippen MR) is 63.0 cm³/mol. The standard InChI is InChI=1S/C12H25NO2/c1-10(2,3)8-11(4,5)13-12(6,7)9(14)15/h13H,8H2,1-7H3,(H,14,15). The lowest BCUT2D eigenvalue weighted by Gasteiger charge is -2.38. The van der Waals surface area contributed by atoms with Crippen molar-refractivity contribution in [3.8, 4) is 0 Å². The van der Waals surface area contributed by atoms with Crippen molar-refractivity contribution in [2.75, 3.05) is 0 Å². The minimum Gasteiger partial charge on any atom is -0.480 e. The van der Waals surface area contributed by atoms with Gasteiger partial charge in [0.25, 0.3) is 0 Å². The molecule has 90 valence electrons. The Labute approximate surface area is 93.3 Å². The molecule has 0 atom stereocenters. The van der Waals surface area contributed by atoms with Crippen LogP contribution in [-0.2, 0) is 4.79 Å². The predicted octanol–water partition coefficient (Wildman–Crippen LogP) is 2.65. The Kier molecular flexibility index (Phi) is 3.97. The SMILES string of the molecule is CC(C)(C)CC(C)(C)NC(C)(C)C(=O)O. The molecule has 0 heterocycles. The van der Waals surface area contributed by atoms with Gasteiger partial charge in [0.15, 0.2) is 0 Å². The molecule has 0 aliphatic rings. The molecule has 0 saturated carbocycles. The summed E-state index contributed by atoms with van der Waals surface area (Å²) in [6.07, 6.45) is 0.927. The van der Waals surface area contributed by atoms with Gasteiger partial charge >= 0.3 is 5.97 Å². The fourth-order valence-electron chi connectivity index (χ4n) is 2.27. The van der Waals surface area contributed by atoms with Crippen molar-refractivity contribution < 1.29 is 9.90 Å². The smallest absolute Gasteiger partial charge is 0.323 e. The number of hydrogen-bond donors (Lipinski definition) is 2. The van der Waals surface area contributed by atoms with Crippen molar-refractivity contribution in [3.05, 3.63) is 0 Å². The summed E-state index contributed by atoms with van der Waals surface area (Å²) < 4.78 is 0. The average Bonchev–Trinajstić information content (AvgIpc) is 1.75. The number of nitrogens with one attached hydrogen (secondary N) is 1. The molecule has 0 bridgehead atoms. The number of carboxylic acids is 1. The number of rotatable bonds is 4. The topological polar surface area (TPSA) is 49.3 Å². The van der Waals surface area contributed by atoms with Gasteiger partial charge in [0, 0.05) is 5.54 Å². The van der Waals surface area contributed by atoms with E-state index in [1.165, 1.54) is 0 Å². The minimum atomic E-state index is -0.880. The highest BCUT2D eigenvalue weighted by atomic mass is 16.4. The number of aliphatic carboxylic acids is 1. The van der Waals surface area contributed by atoms with E-state index >= 15 is 0 Å². The van der Waals surface area contributed by atoms with Crippen LogP contribution >= 0.6 is 0 Å². The molecular formula is C12H25NO2. The maximum Gasteiger partial charge on any atom is 0.323 e. The summed E-state index contributed by atoms with van der Waals surface area (Å²) in [7, 11) is 0. The zero-order chi connectivity index (χ0) is 12.5. The third-order valence-electron chi connectivity index (χ3n) is 2.16. The summed E-state index contributed by atoms with van der Waals surface area (Å²) in [6.45, 7) is 13.9. The molecule has 15 heavy (non-hydrogen) atoms. The van der Waals surface area contributed by atoms with Crippen LogP contribution in [0.3, 0.4) is 0 Å². The highest BCUT2D eigenvalue weighted by Gasteiger charge is 2.35.